The minimum atomic E-state index is 0.779. The Balaban J connectivity index is 1.68. The van der Waals surface area contributed by atoms with Crippen molar-refractivity contribution < 1.29 is 0 Å². The summed E-state index contributed by atoms with van der Waals surface area (Å²) in [5.41, 5.74) is 0. The van der Waals surface area contributed by atoms with Crippen molar-refractivity contribution >= 4 is 0 Å². The molecule has 1 nitrogen and oxygen atoms in total. The average Bonchev–Trinajstić information content (AvgIpc) is 2.52. The Labute approximate surface area is 100 Å². The molecule has 0 radical (unpaired) electrons. The molecular formula is C15H27N. The summed E-state index contributed by atoms with van der Waals surface area (Å²) in [7, 11) is 0. The molecule has 1 N–H and O–H groups in total. The molecule has 1 heteroatoms. The molecule has 3 rings (SSSR count). The van der Waals surface area contributed by atoms with Gasteiger partial charge in [0.25, 0.3) is 0 Å². The molecule has 0 aromatic rings. The van der Waals surface area contributed by atoms with E-state index in [-0.39, 0.29) is 0 Å². The van der Waals surface area contributed by atoms with Gasteiger partial charge in [-0.3, -0.25) is 0 Å². The van der Waals surface area contributed by atoms with Crippen LogP contribution in [-0.2, 0) is 0 Å². The van der Waals surface area contributed by atoms with Crippen LogP contribution in [0.2, 0.25) is 0 Å². The molecule has 3 fully saturated rings. The number of fused-ring (bicyclic) bond motifs is 2. The zero-order valence-electron chi connectivity index (χ0n) is 10.9. The number of rotatable bonds is 4. The normalized spacial score (nSPS) is 45.6. The third kappa shape index (κ3) is 1.81. The molecule has 92 valence electrons. The predicted molar refractivity (Wildman–Crippen MR) is 68.3 cm³/mol. The zero-order valence-corrected chi connectivity index (χ0v) is 10.9. The molecule has 5 atom stereocenters. The topological polar surface area (TPSA) is 12.0 Å². The van der Waals surface area contributed by atoms with Gasteiger partial charge < -0.3 is 5.32 Å². The highest BCUT2D eigenvalue weighted by Crippen LogP contribution is 2.55. The lowest BCUT2D eigenvalue weighted by Crippen LogP contribution is -2.47. The van der Waals surface area contributed by atoms with Gasteiger partial charge in [-0.2, -0.15) is 0 Å². The van der Waals surface area contributed by atoms with E-state index >= 15 is 0 Å². The Bertz CT molecular complexity index is 244. The van der Waals surface area contributed by atoms with Crippen LogP contribution in [0, 0.1) is 23.7 Å². The van der Waals surface area contributed by atoms with Crippen molar-refractivity contribution in [2.75, 3.05) is 0 Å². The van der Waals surface area contributed by atoms with Crippen LogP contribution in [-0.4, -0.2) is 12.1 Å². The van der Waals surface area contributed by atoms with Crippen LogP contribution in [0.3, 0.4) is 0 Å². The lowest BCUT2D eigenvalue weighted by Gasteiger charge is -2.41. The van der Waals surface area contributed by atoms with Crippen LogP contribution in [0.5, 0.6) is 0 Å². The van der Waals surface area contributed by atoms with Crippen molar-refractivity contribution in [1.82, 2.24) is 5.32 Å². The molecule has 5 unspecified atom stereocenters. The van der Waals surface area contributed by atoms with Gasteiger partial charge in [0.05, 0.1) is 0 Å². The Kier molecular flexibility index (Phi) is 2.99. The molecule has 0 amide bonds. The first-order chi connectivity index (χ1) is 7.80. The molecule has 3 aliphatic carbocycles. The fourth-order valence-electron chi connectivity index (χ4n) is 4.97. The van der Waals surface area contributed by atoms with E-state index in [1.807, 2.05) is 0 Å². The van der Waals surface area contributed by atoms with Crippen LogP contribution >= 0.6 is 0 Å². The maximum Gasteiger partial charge on any atom is 0.0103 e. The molecular weight excluding hydrogens is 194 g/mol. The Morgan fingerprint density at radius 3 is 2.31 bits per heavy atom. The van der Waals surface area contributed by atoms with Crippen LogP contribution in [0.1, 0.15) is 58.8 Å². The standard InChI is InChI=1S/C15H27N/c1-3-13(4-2)16-15-9-11-5-10-6-12(7-11)14(15)8-10/h10-16H,3-9H2,1-2H3. The van der Waals surface area contributed by atoms with Gasteiger partial charge in [0.1, 0.15) is 0 Å². The summed E-state index contributed by atoms with van der Waals surface area (Å²) in [5, 5.41) is 3.98. The van der Waals surface area contributed by atoms with Gasteiger partial charge in [-0.15, -0.1) is 0 Å². The third-order valence-corrected chi connectivity index (χ3v) is 5.69. The summed E-state index contributed by atoms with van der Waals surface area (Å²) in [6, 6.07) is 1.66. The molecule has 3 bridgehead atoms. The van der Waals surface area contributed by atoms with Crippen molar-refractivity contribution in [3.8, 4) is 0 Å². The monoisotopic (exact) mass is 221 g/mol. The lowest BCUT2D eigenvalue weighted by atomic mass is 9.70. The summed E-state index contributed by atoms with van der Waals surface area (Å²) in [6.45, 7) is 4.66. The van der Waals surface area contributed by atoms with Gasteiger partial charge in [-0.05, 0) is 68.6 Å². The molecule has 0 aromatic carbocycles. The Morgan fingerprint density at radius 1 is 0.938 bits per heavy atom. The quantitative estimate of drug-likeness (QED) is 0.765. The van der Waals surface area contributed by atoms with Gasteiger partial charge in [0.15, 0.2) is 0 Å². The minimum Gasteiger partial charge on any atom is -0.311 e. The molecule has 0 spiro atoms. The van der Waals surface area contributed by atoms with Crippen molar-refractivity contribution in [1.29, 1.82) is 0 Å². The van der Waals surface area contributed by atoms with Crippen LogP contribution < -0.4 is 5.32 Å². The highest BCUT2D eigenvalue weighted by atomic mass is 15.0. The van der Waals surface area contributed by atoms with E-state index in [2.05, 4.69) is 19.2 Å². The van der Waals surface area contributed by atoms with Gasteiger partial charge in [-0.25, -0.2) is 0 Å². The zero-order chi connectivity index (χ0) is 11.1. The second-order valence-electron chi connectivity index (χ2n) is 6.62. The maximum absolute atomic E-state index is 3.98. The van der Waals surface area contributed by atoms with Gasteiger partial charge in [0.2, 0.25) is 0 Å². The third-order valence-electron chi connectivity index (χ3n) is 5.69. The smallest absolute Gasteiger partial charge is 0.0103 e. The molecule has 0 aliphatic heterocycles. The number of nitrogens with one attached hydrogen (secondary N) is 1. The number of hydrogen-bond acceptors (Lipinski definition) is 1. The fraction of sp³-hybridized carbons (Fsp3) is 1.00. The Morgan fingerprint density at radius 2 is 1.62 bits per heavy atom. The first-order valence-electron chi connectivity index (χ1n) is 7.56. The van der Waals surface area contributed by atoms with E-state index in [9.17, 15) is 0 Å². The highest BCUT2D eigenvalue weighted by molar-refractivity contribution is 5.01. The summed E-state index contributed by atoms with van der Waals surface area (Å²) in [4.78, 5) is 0. The summed E-state index contributed by atoms with van der Waals surface area (Å²) in [6.07, 6.45) is 10.4. The van der Waals surface area contributed by atoms with E-state index in [1.165, 1.54) is 19.3 Å². The lowest BCUT2D eigenvalue weighted by molar-refractivity contribution is 0.129. The van der Waals surface area contributed by atoms with Gasteiger partial charge in [-0.1, -0.05) is 13.8 Å². The average molecular weight is 221 g/mol. The summed E-state index contributed by atoms with van der Waals surface area (Å²) >= 11 is 0. The highest BCUT2D eigenvalue weighted by Gasteiger charge is 2.48. The number of hydrogen-bond donors (Lipinski definition) is 1. The molecule has 3 aliphatic rings. The van der Waals surface area contributed by atoms with Crippen LogP contribution in [0.4, 0.5) is 0 Å². The van der Waals surface area contributed by atoms with Gasteiger partial charge in [0, 0.05) is 12.1 Å². The maximum atomic E-state index is 3.98. The first kappa shape index (κ1) is 11.1. The molecule has 0 aromatic heterocycles. The fourth-order valence-corrected chi connectivity index (χ4v) is 4.97. The van der Waals surface area contributed by atoms with Crippen molar-refractivity contribution in [2.45, 2.75) is 70.9 Å². The summed E-state index contributed by atoms with van der Waals surface area (Å²) < 4.78 is 0. The molecule has 0 saturated heterocycles. The predicted octanol–water partition coefficient (Wildman–Crippen LogP) is 3.59. The van der Waals surface area contributed by atoms with Crippen LogP contribution in [0.25, 0.3) is 0 Å². The molecule has 0 heterocycles. The Hall–Kier alpha value is -0.0400. The first-order valence-corrected chi connectivity index (χ1v) is 7.56. The molecule has 16 heavy (non-hydrogen) atoms. The summed E-state index contributed by atoms with van der Waals surface area (Å²) in [5.74, 6) is 4.34. The van der Waals surface area contributed by atoms with E-state index in [0.29, 0.717) is 0 Å². The van der Waals surface area contributed by atoms with E-state index < -0.39 is 0 Å². The second-order valence-corrected chi connectivity index (χ2v) is 6.62. The van der Waals surface area contributed by atoms with E-state index in [4.69, 9.17) is 0 Å². The second kappa shape index (κ2) is 4.33. The van der Waals surface area contributed by atoms with Crippen molar-refractivity contribution in [3.63, 3.8) is 0 Å². The van der Waals surface area contributed by atoms with Crippen LogP contribution in [0.15, 0.2) is 0 Å². The van der Waals surface area contributed by atoms with E-state index in [0.717, 1.165) is 35.8 Å². The van der Waals surface area contributed by atoms with Crippen molar-refractivity contribution in [2.24, 2.45) is 23.7 Å². The largest absolute Gasteiger partial charge is 0.311 e. The van der Waals surface area contributed by atoms with Crippen molar-refractivity contribution in [3.05, 3.63) is 0 Å². The SMILES string of the molecule is CCC(CC)NC1CC2CC3CC(C2)C1C3. The van der Waals surface area contributed by atoms with E-state index in [1.54, 1.807) is 25.7 Å². The minimum absolute atomic E-state index is 0.779. The van der Waals surface area contributed by atoms with Gasteiger partial charge >= 0.3 is 0 Å². The molecule has 3 saturated carbocycles.